The number of phosphoric ester groups is 1. The van der Waals surface area contributed by atoms with Crippen LogP contribution in [-0.2, 0) is 27.9 Å². The molecule has 0 aromatic carbocycles. The lowest BCUT2D eigenvalue weighted by Gasteiger charge is -2.28. The van der Waals surface area contributed by atoms with E-state index >= 15 is 0 Å². The summed E-state index contributed by atoms with van der Waals surface area (Å²) < 4.78 is 34.3. The summed E-state index contributed by atoms with van der Waals surface area (Å²) in [7, 11) is 1.32. The van der Waals surface area contributed by atoms with Crippen LogP contribution >= 0.6 is 7.82 Å². The average molecular weight is 784 g/mol. The first-order chi connectivity index (χ1) is 26.1. The fourth-order valence-electron chi connectivity index (χ4n) is 6.00. The molecule has 0 fully saturated rings. The largest absolute Gasteiger partial charge is 0.756 e. The first-order valence-corrected chi connectivity index (χ1v) is 23.7. The minimum Gasteiger partial charge on any atom is -0.756 e. The van der Waals surface area contributed by atoms with Crippen molar-refractivity contribution in [2.24, 2.45) is 0 Å². The molecule has 0 spiro atoms. The van der Waals surface area contributed by atoms with Crippen LogP contribution < -0.4 is 4.89 Å². The third-order valence-corrected chi connectivity index (χ3v) is 10.5. The number of rotatable bonds is 41. The lowest BCUT2D eigenvalue weighted by molar-refractivity contribution is -0.870. The van der Waals surface area contributed by atoms with Gasteiger partial charge in [0.25, 0.3) is 7.82 Å². The van der Waals surface area contributed by atoms with Gasteiger partial charge in [-0.15, -0.1) is 0 Å². The number of phosphoric acid groups is 1. The smallest absolute Gasteiger partial charge is 0.306 e. The van der Waals surface area contributed by atoms with E-state index in [0.717, 1.165) is 57.8 Å². The highest BCUT2D eigenvalue weighted by Crippen LogP contribution is 2.38. The van der Waals surface area contributed by atoms with E-state index in [-0.39, 0.29) is 32.2 Å². The number of hydrogen-bond donors (Lipinski definition) is 0. The summed E-state index contributed by atoms with van der Waals surface area (Å²) >= 11 is 0. The van der Waals surface area contributed by atoms with Gasteiger partial charge in [-0.3, -0.25) is 9.36 Å². The summed E-state index contributed by atoms with van der Waals surface area (Å²) in [5.74, 6) is -0.369. The summed E-state index contributed by atoms with van der Waals surface area (Å²) in [5, 5.41) is 0. The van der Waals surface area contributed by atoms with Gasteiger partial charge in [-0.25, -0.2) is 0 Å². The number of nitrogens with zero attached hydrogens (tertiary/aromatic N) is 1. The monoisotopic (exact) mass is 784 g/mol. The Hall–Kier alpha value is -1.44. The van der Waals surface area contributed by atoms with E-state index in [1.807, 2.05) is 27.2 Å². The van der Waals surface area contributed by atoms with Gasteiger partial charge in [0, 0.05) is 6.42 Å². The molecule has 318 valence electrons. The molecule has 0 saturated heterocycles. The third-order valence-electron chi connectivity index (χ3n) is 9.51. The number of quaternary nitrogens is 1. The van der Waals surface area contributed by atoms with Crippen LogP contribution in [0.4, 0.5) is 0 Å². The molecule has 0 aromatic rings. The Labute approximate surface area is 334 Å². The maximum Gasteiger partial charge on any atom is 0.306 e. The second kappa shape index (κ2) is 38.4. The van der Waals surface area contributed by atoms with Crippen molar-refractivity contribution < 1.29 is 37.3 Å². The zero-order chi connectivity index (χ0) is 39.9. The van der Waals surface area contributed by atoms with Crippen LogP contribution in [0.2, 0.25) is 0 Å². The van der Waals surface area contributed by atoms with Crippen LogP contribution in [0.3, 0.4) is 0 Å². The molecule has 0 aromatic heterocycles. The highest BCUT2D eigenvalue weighted by molar-refractivity contribution is 7.45. The highest BCUT2D eigenvalue weighted by Gasteiger charge is 2.20. The molecule has 0 heterocycles. The molecular formula is C45H86NO7P. The van der Waals surface area contributed by atoms with Gasteiger partial charge in [-0.2, -0.15) is 0 Å². The second-order valence-corrected chi connectivity index (χ2v) is 17.5. The molecule has 0 saturated carbocycles. The van der Waals surface area contributed by atoms with Crippen molar-refractivity contribution in [1.29, 1.82) is 0 Å². The topological polar surface area (TPSA) is 94.1 Å². The third kappa shape index (κ3) is 41.7. The zero-order valence-electron chi connectivity index (χ0n) is 35.9. The Morgan fingerprint density at radius 3 is 1.57 bits per heavy atom. The molecule has 0 bridgehead atoms. The highest BCUT2D eigenvalue weighted by atomic mass is 31.2. The fourth-order valence-corrected chi connectivity index (χ4v) is 6.73. The lowest BCUT2D eigenvalue weighted by Crippen LogP contribution is -2.37. The Morgan fingerprint density at radius 2 is 1.06 bits per heavy atom. The van der Waals surface area contributed by atoms with E-state index in [4.69, 9.17) is 18.5 Å². The SMILES string of the molecule is CCCC/C=C\C/C=C\CCCCCCCC(=O)O[C@H](CO/C=C\CCCCCCCCCCCCCCCCCC)COP(=O)([O-])OCC[N+](C)(C)C. The van der Waals surface area contributed by atoms with Gasteiger partial charge in [0.15, 0.2) is 6.10 Å². The van der Waals surface area contributed by atoms with Crippen molar-refractivity contribution in [3.05, 3.63) is 36.6 Å². The van der Waals surface area contributed by atoms with Crippen LogP contribution in [0.15, 0.2) is 36.6 Å². The number of unbranched alkanes of at least 4 members (excludes halogenated alkanes) is 23. The van der Waals surface area contributed by atoms with Crippen LogP contribution in [0.1, 0.15) is 194 Å². The molecule has 0 amide bonds. The van der Waals surface area contributed by atoms with Crippen LogP contribution in [0, 0.1) is 0 Å². The van der Waals surface area contributed by atoms with Crippen LogP contribution in [-0.4, -0.2) is 64.1 Å². The first kappa shape index (κ1) is 52.6. The van der Waals surface area contributed by atoms with Crippen molar-refractivity contribution >= 4 is 13.8 Å². The number of esters is 1. The van der Waals surface area contributed by atoms with Crippen molar-refractivity contribution in [3.63, 3.8) is 0 Å². The molecule has 0 rings (SSSR count). The number of allylic oxidation sites excluding steroid dienone is 5. The maximum atomic E-state index is 12.6. The quantitative estimate of drug-likeness (QED) is 0.0152. The Kier molecular flexibility index (Phi) is 37.4. The van der Waals surface area contributed by atoms with Gasteiger partial charge in [0.1, 0.15) is 19.8 Å². The van der Waals surface area contributed by atoms with Gasteiger partial charge in [-0.1, -0.05) is 167 Å². The molecule has 0 N–H and O–H groups in total. The Bertz CT molecular complexity index is 962. The van der Waals surface area contributed by atoms with Gasteiger partial charge in [0.05, 0.1) is 34.0 Å². The molecule has 1 unspecified atom stereocenters. The first-order valence-electron chi connectivity index (χ1n) is 22.3. The lowest BCUT2D eigenvalue weighted by atomic mass is 10.0. The molecule has 0 aliphatic carbocycles. The summed E-state index contributed by atoms with van der Waals surface area (Å²) in [6, 6.07) is 0. The maximum absolute atomic E-state index is 12.6. The normalized spacial score (nSPS) is 14.0. The van der Waals surface area contributed by atoms with Gasteiger partial charge < -0.3 is 27.9 Å². The second-order valence-electron chi connectivity index (χ2n) is 16.1. The van der Waals surface area contributed by atoms with Gasteiger partial charge >= 0.3 is 5.97 Å². The van der Waals surface area contributed by atoms with Crippen molar-refractivity contribution in [2.75, 3.05) is 47.5 Å². The summed E-state index contributed by atoms with van der Waals surface area (Å²) in [4.78, 5) is 25.0. The van der Waals surface area contributed by atoms with Crippen LogP contribution in [0.25, 0.3) is 0 Å². The molecule has 8 nitrogen and oxygen atoms in total. The molecule has 0 aliphatic rings. The van der Waals surface area contributed by atoms with E-state index in [0.29, 0.717) is 11.0 Å². The minimum atomic E-state index is -4.54. The summed E-state index contributed by atoms with van der Waals surface area (Å²) in [5.41, 5.74) is 0. The number of ether oxygens (including phenoxy) is 2. The van der Waals surface area contributed by atoms with Crippen molar-refractivity contribution in [2.45, 2.75) is 200 Å². The van der Waals surface area contributed by atoms with E-state index in [9.17, 15) is 14.3 Å². The summed E-state index contributed by atoms with van der Waals surface area (Å²) in [6.07, 6.45) is 45.4. The number of likely N-dealkylation sites (N-methyl/N-ethyl adjacent to an activating group) is 1. The minimum absolute atomic E-state index is 0.0140. The number of carbonyl (C=O) groups excluding carboxylic acids is 1. The number of hydrogen-bond acceptors (Lipinski definition) is 7. The van der Waals surface area contributed by atoms with Crippen molar-refractivity contribution in [3.8, 4) is 0 Å². The van der Waals surface area contributed by atoms with E-state index in [2.05, 4.69) is 38.2 Å². The van der Waals surface area contributed by atoms with Gasteiger partial charge in [0.2, 0.25) is 0 Å². The molecule has 54 heavy (non-hydrogen) atoms. The van der Waals surface area contributed by atoms with E-state index < -0.39 is 13.9 Å². The molecule has 9 heteroatoms. The Balaban J connectivity index is 4.27. The van der Waals surface area contributed by atoms with E-state index in [1.165, 1.54) is 116 Å². The van der Waals surface area contributed by atoms with Crippen molar-refractivity contribution in [1.82, 2.24) is 0 Å². The molecule has 0 radical (unpaired) electrons. The van der Waals surface area contributed by atoms with Crippen LogP contribution in [0.5, 0.6) is 0 Å². The molecule has 0 aliphatic heterocycles. The summed E-state index contributed by atoms with van der Waals surface area (Å²) in [6.45, 7) is 4.69. The Morgan fingerprint density at radius 1 is 0.593 bits per heavy atom. The number of carbonyl (C=O) groups is 1. The standard InChI is InChI=1S/C45H86NO7P/c1-6-8-10-12-14-16-18-20-22-23-24-25-27-29-31-33-35-37-40-50-42-44(43-52-54(48,49)51-41-39-46(3,4)5)53-45(47)38-36-34-32-30-28-26-21-19-17-15-13-11-9-7-2/h13,15,19,21,37,40,44H,6-12,14,16-18,20,22-36,38-39,41-43H2,1-5H3/b15-13-,21-19-,40-37-/t44-/m1/s1. The predicted octanol–water partition coefficient (Wildman–Crippen LogP) is 12.7. The zero-order valence-corrected chi connectivity index (χ0v) is 36.8. The fraction of sp³-hybridized carbons (Fsp3) is 0.844. The molecular weight excluding hydrogens is 697 g/mol. The van der Waals surface area contributed by atoms with E-state index in [1.54, 1.807) is 6.26 Å². The predicted molar refractivity (Wildman–Crippen MR) is 226 cm³/mol. The average Bonchev–Trinajstić information content (AvgIpc) is 3.12. The van der Waals surface area contributed by atoms with Gasteiger partial charge in [-0.05, 0) is 51.0 Å². The molecule has 2 atom stereocenters.